The van der Waals surface area contributed by atoms with E-state index in [1.165, 1.54) is 6.07 Å². The average Bonchev–Trinajstić information content (AvgIpc) is 3.51. The van der Waals surface area contributed by atoms with E-state index in [9.17, 15) is 9.18 Å². The van der Waals surface area contributed by atoms with Crippen molar-refractivity contribution in [2.75, 3.05) is 0 Å². The van der Waals surface area contributed by atoms with Crippen molar-refractivity contribution in [1.82, 2.24) is 20.1 Å². The zero-order chi connectivity index (χ0) is 20.7. The fourth-order valence-electron chi connectivity index (χ4n) is 3.64. The van der Waals surface area contributed by atoms with Gasteiger partial charge < -0.3 is 5.32 Å². The lowest BCUT2D eigenvalue weighted by molar-refractivity contribution is 0.0950. The van der Waals surface area contributed by atoms with Crippen LogP contribution in [0.3, 0.4) is 0 Å². The minimum Gasteiger partial charge on any atom is -0.349 e. The summed E-state index contributed by atoms with van der Waals surface area (Å²) in [5, 5.41) is 8.65. The molecule has 150 valence electrons. The highest BCUT2D eigenvalue weighted by Gasteiger charge is 2.25. The molecular weight excluding hydrogens is 379 g/mol. The summed E-state index contributed by atoms with van der Waals surface area (Å²) in [6.45, 7) is 2.23. The molecule has 30 heavy (non-hydrogen) atoms. The summed E-state index contributed by atoms with van der Waals surface area (Å²) in [6, 6.07) is 16.9. The molecule has 0 atom stereocenters. The van der Waals surface area contributed by atoms with Gasteiger partial charge in [-0.05, 0) is 55.7 Å². The first-order chi connectivity index (χ1) is 14.6. The minimum atomic E-state index is -0.406. The van der Waals surface area contributed by atoms with Crippen molar-refractivity contribution < 1.29 is 9.18 Å². The number of halogens is 1. The second-order valence-corrected chi connectivity index (χ2v) is 7.72. The monoisotopic (exact) mass is 400 g/mol. The molecule has 2 aromatic heterocycles. The molecule has 1 saturated carbocycles. The van der Waals surface area contributed by atoms with Crippen molar-refractivity contribution in [2.45, 2.75) is 32.4 Å². The first-order valence-corrected chi connectivity index (χ1v) is 10.1. The van der Waals surface area contributed by atoms with E-state index in [0.717, 1.165) is 29.4 Å². The van der Waals surface area contributed by atoms with Gasteiger partial charge in [-0.3, -0.25) is 14.5 Å². The van der Waals surface area contributed by atoms with Crippen LogP contribution in [0.25, 0.3) is 22.2 Å². The van der Waals surface area contributed by atoms with Gasteiger partial charge in [-0.2, -0.15) is 5.10 Å². The van der Waals surface area contributed by atoms with E-state index >= 15 is 0 Å². The summed E-state index contributed by atoms with van der Waals surface area (Å²) < 4.78 is 16.6. The van der Waals surface area contributed by atoms with Gasteiger partial charge in [0.2, 0.25) is 0 Å². The average molecular weight is 400 g/mol. The summed E-state index contributed by atoms with van der Waals surface area (Å²) in [4.78, 5) is 16.9. The van der Waals surface area contributed by atoms with Gasteiger partial charge in [0.25, 0.3) is 5.91 Å². The topological polar surface area (TPSA) is 59.8 Å². The van der Waals surface area contributed by atoms with E-state index in [4.69, 9.17) is 5.10 Å². The SMILES string of the molecule is Cc1c(F)cc(C(=O)NC2CC2)cc1-c1nn(Cc2ccccn2)c2ccccc12. The van der Waals surface area contributed by atoms with Crippen LogP contribution >= 0.6 is 0 Å². The zero-order valence-corrected chi connectivity index (χ0v) is 16.6. The van der Waals surface area contributed by atoms with Crippen molar-refractivity contribution in [3.8, 4) is 11.3 Å². The lowest BCUT2D eigenvalue weighted by Crippen LogP contribution is -2.25. The molecule has 1 fully saturated rings. The molecule has 0 radical (unpaired) electrons. The van der Waals surface area contributed by atoms with E-state index in [1.54, 1.807) is 19.2 Å². The van der Waals surface area contributed by atoms with Gasteiger partial charge >= 0.3 is 0 Å². The van der Waals surface area contributed by atoms with Crippen molar-refractivity contribution in [3.05, 3.63) is 83.4 Å². The molecule has 5 rings (SSSR count). The van der Waals surface area contributed by atoms with Gasteiger partial charge in [0, 0.05) is 28.8 Å². The first kappa shape index (κ1) is 18.5. The molecule has 1 N–H and O–H groups in total. The molecule has 0 saturated heterocycles. The van der Waals surface area contributed by atoms with Gasteiger partial charge in [-0.15, -0.1) is 0 Å². The summed E-state index contributed by atoms with van der Waals surface area (Å²) in [5.41, 5.74) is 3.92. The number of pyridine rings is 1. The Kier molecular flexibility index (Phi) is 4.54. The van der Waals surface area contributed by atoms with Gasteiger partial charge in [0.15, 0.2) is 0 Å². The molecule has 1 aliphatic carbocycles. The van der Waals surface area contributed by atoms with Crippen LogP contribution in [0.4, 0.5) is 4.39 Å². The van der Waals surface area contributed by atoms with Crippen LogP contribution < -0.4 is 5.32 Å². The molecule has 0 spiro atoms. The molecule has 1 amide bonds. The Morgan fingerprint density at radius 1 is 1.17 bits per heavy atom. The van der Waals surface area contributed by atoms with E-state index in [1.807, 2.05) is 47.1 Å². The standard InChI is InChI=1S/C24H21FN4O/c1-15-20(12-16(13-21(15)25)24(30)27-17-9-10-17)23-19-7-2-3-8-22(19)29(28-23)14-18-6-4-5-11-26-18/h2-8,11-13,17H,9-10,14H2,1H3,(H,27,30). The van der Waals surface area contributed by atoms with Gasteiger partial charge in [-0.1, -0.05) is 24.3 Å². The number of hydrogen-bond acceptors (Lipinski definition) is 3. The molecule has 2 heterocycles. The number of amides is 1. The lowest BCUT2D eigenvalue weighted by atomic mass is 9.99. The highest BCUT2D eigenvalue weighted by atomic mass is 19.1. The summed E-state index contributed by atoms with van der Waals surface area (Å²) in [6.07, 6.45) is 3.72. The van der Waals surface area contributed by atoms with Crippen LogP contribution in [-0.4, -0.2) is 26.7 Å². The maximum absolute atomic E-state index is 14.8. The minimum absolute atomic E-state index is 0.212. The third kappa shape index (κ3) is 3.45. The quantitative estimate of drug-likeness (QED) is 0.537. The van der Waals surface area contributed by atoms with Crippen molar-refractivity contribution in [3.63, 3.8) is 0 Å². The Balaban J connectivity index is 1.62. The molecule has 0 aliphatic heterocycles. The molecular formula is C24H21FN4O. The number of fused-ring (bicyclic) bond motifs is 1. The van der Waals surface area contributed by atoms with Gasteiger partial charge in [0.1, 0.15) is 11.5 Å². The second kappa shape index (κ2) is 7.37. The van der Waals surface area contributed by atoms with E-state index in [0.29, 0.717) is 28.9 Å². The number of aromatic nitrogens is 3. The predicted octanol–water partition coefficient (Wildman–Crippen LogP) is 4.49. The van der Waals surface area contributed by atoms with E-state index in [-0.39, 0.29) is 11.9 Å². The lowest BCUT2D eigenvalue weighted by Gasteiger charge is -2.10. The Morgan fingerprint density at radius 3 is 2.73 bits per heavy atom. The number of benzene rings is 2. The summed E-state index contributed by atoms with van der Waals surface area (Å²) in [5.74, 6) is -0.647. The largest absolute Gasteiger partial charge is 0.349 e. The Labute approximate surface area is 173 Å². The van der Waals surface area contributed by atoms with Gasteiger partial charge in [0.05, 0.1) is 17.8 Å². The Bertz CT molecular complexity index is 1250. The smallest absolute Gasteiger partial charge is 0.251 e. The number of carbonyl (C=O) groups excluding carboxylic acids is 1. The Morgan fingerprint density at radius 2 is 1.97 bits per heavy atom. The normalized spacial score (nSPS) is 13.5. The summed E-state index contributed by atoms with van der Waals surface area (Å²) in [7, 11) is 0. The maximum Gasteiger partial charge on any atom is 0.251 e. The highest BCUT2D eigenvalue weighted by molar-refractivity contribution is 5.99. The highest BCUT2D eigenvalue weighted by Crippen LogP contribution is 2.32. The fraction of sp³-hybridized carbons (Fsp3) is 0.208. The van der Waals surface area contributed by atoms with E-state index < -0.39 is 5.82 Å². The Hall–Kier alpha value is -3.54. The first-order valence-electron chi connectivity index (χ1n) is 10.1. The third-order valence-corrected chi connectivity index (χ3v) is 5.47. The predicted molar refractivity (Wildman–Crippen MR) is 114 cm³/mol. The van der Waals surface area contributed by atoms with Crippen molar-refractivity contribution in [1.29, 1.82) is 0 Å². The van der Waals surface area contributed by atoms with Crippen LogP contribution in [0.2, 0.25) is 0 Å². The molecule has 1 aliphatic rings. The fourth-order valence-corrected chi connectivity index (χ4v) is 3.64. The number of rotatable bonds is 5. The maximum atomic E-state index is 14.8. The number of para-hydroxylation sites is 1. The molecule has 5 nitrogen and oxygen atoms in total. The van der Waals surface area contributed by atoms with E-state index in [2.05, 4.69) is 10.3 Å². The third-order valence-electron chi connectivity index (χ3n) is 5.47. The van der Waals surface area contributed by atoms with Gasteiger partial charge in [-0.25, -0.2) is 4.39 Å². The number of hydrogen-bond donors (Lipinski definition) is 1. The number of nitrogens with zero attached hydrogens (tertiary/aromatic N) is 3. The van der Waals surface area contributed by atoms with Crippen molar-refractivity contribution >= 4 is 16.8 Å². The van der Waals surface area contributed by atoms with Crippen LogP contribution in [0.15, 0.2) is 60.8 Å². The van der Waals surface area contributed by atoms with Crippen LogP contribution in [0.1, 0.15) is 34.5 Å². The number of nitrogens with one attached hydrogen (secondary N) is 1. The van der Waals surface area contributed by atoms with Crippen LogP contribution in [0.5, 0.6) is 0 Å². The summed E-state index contributed by atoms with van der Waals surface area (Å²) >= 11 is 0. The van der Waals surface area contributed by atoms with Crippen LogP contribution in [0, 0.1) is 12.7 Å². The molecule has 0 bridgehead atoms. The molecule has 0 unspecified atom stereocenters. The zero-order valence-electron chi connectivity index (χ0n) is 16.6. The van der Waals surface area contributed by atoms with Crippen molar-refractivity contribution in [2.24, 2.45) is 0 Å². The number of carbonyl (C=O) groups is 1. The molecule has 4 aromatic rings. The molecule has 6 heteroatoms. The second-order valence-electron chi connectivity index (χ2n) is 7.72. The molecule has 2 aromatic carbocycles. The van der Waals surface area contributed by atoms with Crippen LogP contribution in [-0.2, 0) is 6.54 Å².